The van der Waals surface area contributed by atoms with Crippen molar-refractivity contribution in [3.63, 3.8) is 0 Å². The molecule has 1 unspecified atom stereocenters. The van der Waals surface area contributed by atoms with Gasteiger partial charge in [-0.15, -0.1) is 0 Å². The van der Waals surface area contributed by atoms with Crippen LogP contribution < -0.4 is 10.6 Å². The van der Waals surface area contributed by atoms with Crippen molar-refractivity contribution < 1.29 is 6.22 Å². The lowest BCUT2D eigenvalue weighted by Crippen LogP contribution is -2.38. The van der Waals surface area contributed by atoms with E-state index in [0.717, 1.165) is 19.3 Å². The summed E-state index contributed by atoms with van der Waals surface area (Å²) in [6.07, 6.45) is 4.68. The highest BCUT2D eigenvalue weighted by atomic mass is 16.2. The van der Waals surface area contributed by atoms with Gasteiger partial charge in [-0.05, 0) is 36.8 Å². The SMILES string of the molecule is CC.CCC(CCC(C)(C)C)NC(=O)Nc1ccccn1.[HH]. The number of aromatic nitrogens is 1. The van der Waals surface area contributed by atoms with Crippen LogP contribution in [0.3, 0.4) is 0 Å². The van der Waals surface area contributed by atoms with Crippen molar-refractivity contribution in [3.8, 4) is 0 Å². The second-order valence-corrected chi connectivity index (χ2v) is 6.02. The average molecular weight is 295 g/mol. The van der Waals surface area contributed by atoms with E-state index in [1.54, 1.807) is 12.3 Å². The number of nitrogens with zero attached hydrogens (tertiary/aromatic N) is 1. The average Bonchev–Trinajstić information content (AvgIpc) is 2.45. The van der Waals surface area contributed by atoms with E-state index >= 15 is 0 Å². The van der Waals surface area contributed by atoms with E-state index in [9.17, 15) is 4.79 Å². The summed E-state index contributed by atoms with van der Waals surface area (Å²) < 4.78 is 0. The fourth-order valence-corrected chi connectivity index (χ4v) is 1.76. The molecule has 0 bridgehead atoms. The maximum absolute atomic E-state index is 11.8. The molecule has 21 heavy (non-hydrogen) atoms. The summed E-state index contributed by atoms with van der Waals surface area (Å²) in [7, 11) is 0. The Morgan fingerprint density at radius 2 is 2.00 bits per heavy atom. The number of hydrogen-bond donors (Lipinski definition) is 2. The molecular weight excluding hydrogens is 262 g/mol. The molecule has 0 aliphatic rings. The molecule has 2 N–H and O–H groups in total. The van der Waals surface area contributed by atoms with E-state index in [4.69, 9.17) is 0 Å². The van der Waals surface area contributed by atoms with Gasteiger partial charge in [0, 0.05) is 13.7 Å². The van der Waals surface area contributed by atoms with Gasteiger partial charge in [0.05, 0.1) is 0 Å². The van der Waals surface area contributed by atoms with Crippen molar-refractivity contribution in [3.05, 3.63) is 24.4 Å². The fraction of sp³-hybridized carbons (Fsp3) is 0.647. The predicted octanol–water partition coefficient (Wildman–Crippen LogP) is 5.08. The van der Waals surface area contributed by atoms with Crippen molar-refractivity contribution >= 4 is 11.8 Å². The highest BCUT2D eigenvalue weighted by molar-refractivity contribution is 5.88. The predicted molar refractivity (Wildman–Crippen MR) is 92.6 cm³/mol. The number of carbonyl (C=O) groups excluding carboxylic acids is 1. The Balaban J connectivity index is 0. The van der Waals surface area contributed by atoms with Crippen molar-refractivity contribution in [1.82, 2.24) is 10.3 Å². The Morgan fingerprint density at radius 1 is 1.33 bits per heavy atom. The van der Waals surface area contributed by atoms with E-state index in [-0.39, 0.29) is 13.5 Å². The molecule has 1 heterocycles. The molecule has 2 amide bonds. The third kappa shape index (κ3) is 9.88. The molecule has 0 aliphatic heterocycles. The van der Waals surface area contributed by atoms with Crippen LogP contribution in [0.4, 0.5) is 10.6 Å². The van der Waals surface area contributed by atoms with Gasteiger partial charge >= 0.3 is 6.03 Å². The molecule has 0 saturated carbocycles. The molecule has 0 aliphatic carbocycles. The number of carbonyl (C=O) groups is 1. The molecule has 0 fully saturated rings. The minimum atomic E-state index is -0.181. The summed E-state index contributed by atoms with van der Waals surface area (Å²) in [5.41, 5.74) is 0.298. The number of pyridine rings is 1. The Labute approximate surface area is 131 Å². The van der Waals surface area contributed by atoms with Gasteiger partial charge in [-0.3, -0.25) is 5.32 Å². The normalized spacial score (nSPS) is 11.9. The minimum Gasteiger partial charge on any atom is -0.335 e. The van der Waals surface area contributed by atoms with Gasteiger partial charge in [-0.25, -0.2) is 9.78 Å². The molecule has 122 valence electrons. The lowest BCUT2D eigenvalue weighted by molar-refractivity contribution is 0.244. The topological polar surface area (TPSA) is 54.0 Å². The van der Waals surface area contributed by atoms with Gasteiger partial charge in [-0.1, -0.05) is 47.6 Å². The first-order chi connectivity index (χ1) is 9.90. The van der Waals surface area contributed by atoms with Crippen LogP contribution in [0.25, 0.3) is 0 Å². The molecule has 1 rings (SSSR count). The minimum absolute atomic E-state index is 0. The number of nitrogens with one attached hydrogen (secondary N) is 2. The maximum atomic E-state index is 11.8. The smallest absolute Gasteiger partial charge is 0.320 e. The van der Waals surface area contributed by atoms with Crippen LogP contribution in [0.1, 0.15) is 62.2 Å². The van der Waals surface area contributed by atoms with Gasteiger partial charge in [0.2, 0.25) is 0 Å². The van der Waals surface area contributed by atoms with Crippen LogP contribution in [0.2, 0.25) is 0 Å². The Kier molecular flexibility index (Phi) is 9.42. The summed E-state index contributed by atoms with van der Waals surface area (Å²) in [4.78, 5) is 15.9. The summed E-state index contributed by atoms with van der Waals surface area (Å²) >= 11 is 0. The van der Waals surface area contributed by atoms with Crippen molar-refractivity contribution in [1.29, 1.82) is 0 Å². The van der Waals surface area contributed by atoms with Gasteiger partial charge in [0.25, 0.3) is 0 Å². The van der Waals surface area contributed by atoms with Crippen LogP contribution in [-0.2, 0) is 0 Å². The summed E-state index contributed by atoms with van der Waals surface area (Å²) in [6, 6.07) is 5.47. The molecule has 4 nitrogen and oxygen atoms in total. The fourth-order valence-electron chi connectivity index (χ4n) is 1.76. The molecule has 1 atom stereocenters. The Morgan fingerprint density at radius 3 is 2.48 bits per heavy atom. The van der Waals surface area contributed by atoms with Crippen molar-refractivity contribution in [2.45, 2.75) is 66.8 Å². The van der Waals surface area contributed by atoms with E-state index < -0.39 is 0 Å². The monoisotopic (exact) mass is 295 g/mol. The van der Waals surface area contributed by atoms with Gasteiger partial charge in [-0.2, -0.15) is 0 Å². The van der Waals surface area contributed by atoms with Gasteiger partial charge < -0.3 is 5.32 Å². The molecule has 0 saturated heterocycles. The third-order valence-corrected chi connectivity index (χ3v) is 2.98. The maximum Gasteiger partial charge on any atom is 0.320 e. The van der Waals surface area contributed by atoms with Gasteiger partial charge in [0.15, 0.2) is 0 Å². The first kappa shape index (κ1) is 19.4. The first-order valence-corrected chi connectivity index (χ1v) is 7.89. The number of urea groups is 1. The zero-order valence-corrected chi connectivity index (χ0v) is 14.4. The van der Waals surface area contributed by atoms with Crippen molar-refractivity contribution in [2.24, 2.45) is 5.41 Å². The van der Waals surface area contributed by atoms with Crippen molar-refractivity contribution in [2.75, 3.05) is 5.32 Å². The molecule has 1 aromatic rings. The lowest BCUT2D eigenvalue weighted by atomic mass is 9.88. The molecule has 0 radical (unpaired) electrons. The van der Waals surface area contributed by atoms with E-state index in [0.29, 0.717) is 11.2 Å². The number of rotatable bonds is 5. The van der Waals surface area contributed by atoms with Crippen LogP contribution in [0, 0.1) is 5.41 Å². The summed E-state index contributed by atoms with van der Waals surface area (Å²) in [6.45, 7) is 12.7. The van der Waals surface area contributed by atoms with Crippen LogP contribution in [0.5, 0.6) is 0 Å². The molecule has 1 aromatic heterocycles. The van der Waals surface area contributed by atoms with Crippen LogP contribution in [0.15, 0.2) is 24.4 Å². The zero-order chi connectivity index (χ0) is 16.3. The second-order valence-electron chi connectivity index (χ2n) is 6.02. The Bertz CT molecular complexity index is 391. The Hall–Kier alpha value is -1.58. The first-order valence-electron chi connectivity index (χ1n) is 7.89. The standard InChI is InChI=1S/C15H25N3O.C2H6.H2/c1-5-12(9-10-15(2,3)4)17-14(19)18-13-8-6-7-11-16-13;1-2;/h6-8,11-12H,5,9-10H2,1-4H3,(H2,16,17,18,19);1-2H3;1H. The second kappa shape index (κ2) is 10.2. The number of amides is 2. The van der Waals surface area contributed by atoms with E-state index in [1.165, 1.54) is 0 Å². The zero-order valence-electron chi connectivity index (χ0n) is 14.4. The quantitative estimate of drug-likeness (QED) is 0.795. The van der Waals surface area contributed by atoms with E-state index in [1.807, 2.05) is 26.0 Å². The van der Waals surface area contributed by atoms with Crippen LogP contribution in [-0.4, -0.2) is 17.1 Å². The highest BCUT2D eigenvalue weighted by Gasteiger charge is 2.16. The largest absolute Gasteiger partial charge is 0.335 e. The van der Waals surface area contributed by atoms with Crippen LogP contribution >= 0.6 is 0 Å². The summed E-state index contributed by atoms with van der Waals surface area (Å²) in [5, 5.41) is 5.74. The van der Waals surface area contributed by atoms with E-state index in [2.05, 4.69) is 43.3 Å². The molecule has 4 heteroatoms. The molecular formula is C17H33N3O. The number of anilines is 1. The molecule has 0 spiro atoms. The van der Waals surface area contributed by atoms with Gasteiger partial charge in [0.1, 0.15) is 5.82 Å². The molecule has 0 aromatic carbocycles. The highest BCUT2D eigenvalue weighted by Crippen LogP contribution is 2.22. The summed E-state index contributed by atoms with van der Waals surface area (Å²) in [5.74, 6) is 0.575. The number of hydrogen-bond acceptors (Lipinski definition) is 2. The lowest BCUT2D eigenvalue weighted by Gasteiger charge is -2.23. The third-order valence-electron chi connectivity index (χ3n) is 2.98.